The standard InChI is InChI=1S/C23H18Cl2N4O3/c1-13-12-29(21-16(13)3-2-8-27-21)15-6-4-14(5-7-15)9-19(23(31)32)28-22(30)20-17(24)10-26-11-18(20)25/h2-8,10-12,19H,9H2,1H3,(H,28,30)(H,31,32)/t19-/m0/s1. The number of nitrogens with one attached hydrogen (secondary N) is 1. The SMILES string of the molecule is Cc1cn(-c2ccc(C[C@H](NC(=O)c3c(Cl)cncc3Cl)C(=O)O)cc2)c2ncccc12. The highest BCUT2D eigenvalue weighted by atomic mass is 35.5. The van der Waals surface area contributed by atoms with Gasteiger partial charge in [0.2, 0.25) is 0 Å². The highest BCUT2D eigenvalue weighted by molar-refractivity contribution is 6.39. The van der Waals surface area contributed by atoms with Crippen molar-refractivity contribution in [2.24, 2.45) is 0 Å². The molecule has 4 rings (SSSR count). The molecule has 0 spiro atoms. The Morgan fingerprint density at radius 3 is 2.47 bits per heavy atom. The fourth-order valence-corrected chi connectivity index (χ4v) is 4.04. The van der Waals surface area contributed by atoms with Crippen LogP contribution < -0.4 is 5.32 Å². The monoisotopic (exact) mass is 468 g/mol. The summed E-state index contributed by atoms with van der Waals surface area (Å²) < 4.78 is 1.98. The zero-order valence-corrected chi connectivity index (χ0v) is 18.4. The van der Waals surface area contributed by atoms with Gasteiger partial charge in [-0.25, -0.2) is 9.78 Å². The van der Waals surface area contributed by atoms with Gasteiger partial charge in [0.15, 0.2) is 0 Å². The van der Waals surface area contributed by atoms with E-state index in [9.17, 15) is 14.7 Å². The molecule has 162 valence electrons. The van der Waals surface area contributed by atoms with Crippen LogP contribution >= 0.6 is 23.2 Å². The third-order valence-corrected chi connectivity index (χ3v) is 5.67. The maximum atomic E-state index is 12.6. The maximum Gasteiger partial charge on any atom is 0.326 e. The van der Waals surface area contributed by atoms with Gasteiger partial charge < -0.3 is 15.0 Å². The zero-order chi connectivity index (χ0) is 22.8. The number of carboxylic acid groups (broad SMARTS) is 1. The number of hydrogen-bond acceptors (Lipinski definition) is 4. The molecular formula is C23H18Cl2N4O3. The second kappa shape index (κ2) is 8.98. The second-order valence-corrected chi connectivity index (χ2v) is 8.08. The van der Waals surface area contributed by atoms with Crippen LogP contribution in [-0.2, 0) is 11.2 Å². The van der Waals surface area contributed by atoms with Gasteiger partial charge in [0, 0.05) is 42.3 Å². The number of aliphatic carboxylic acids is 1. The topological polar surface area (TPSA) is 97.1 Å². The lowest BCUT2D eigenvalue weighted by molar-refractivity contribution is -0.139. The van der Waals surface area contributed by atoms with E-state index in [-0.39, 0.29) is 22.0 Å². The molecule has 0 aliphatic carbocycles. The van der Waals surface area contributed by atoms with Gasteiger partial charge in [-0.05, 0) is 42.3 Å². The largest absolute Gasteiger partial charge is 0.480 e. The third kappa shape index (κ3) is 4.30. The predicted octanol–water partition coefficient (Wildman–Crippen LogP) is 4.46. The minimum absolute atomic E-state index is 0.00714. The Hall–Kier alpha value is -3.42. The number of halogens is 2. The van der Waals surface area contributed by atoms with E-state index in [0.29, 0.717) is 0 Å². The maximum absolute atomic E-state index is 12.6. The van der Waals surface area contributed by atoms with Crippen LogP contribution in [0.15, 0.2) is 61.2 Å². The third-order valence-electron chi connectivity index (χ3n) is 5.10. The van der Waals surface area contributed by atoms with Crippen molar-refractivity contribution in [3.05, 3.63) is 87.9 Å². The number of carbonyl (C=O) groups excluding carboxylic acids is 1. The number of nitrogens with zero attached hydrogens (tertiary/aromatic N) is 3. The first-order valence-electron chi connectivity index (χ1n) is 9.70. The van der Waals surface area contributed by atoms with Crippen LogP contribution in [0, 0.1) is 6.92 Å². The average molecular weight is 469 g/mol. The van der Waals surface area contributed by atoms with Gasteiger partial charge >= 0.3 is 5.97 Å². The van der Waals surface area contributed by atoms with Crippen LogP contribution in [-0.4, -0.2) is 37.6 Å². The first-order chi connectivity index (χ1) is 15.3. The Kier molecular flexibility index (Phi) is 6.12. The number of carbonyl (C=O) groups is 2. The van der Waals surface area contributed by atoms with Crippen molar-refractivity contribution in [2.75, 3.05) is 0 Å². The summed E-state index contributed by atoms with van der Waals surface area (Å²) in [4.78, 5) is 32.6. The van der Waals surface area contributed by atoms with Crippen molar-refractivity contribution in [1.82, 2.24) is 19.9 Å². The molecular weight excluding hydrogens is 451 g/mol. The molecule has 0 aliphatic heterocycles. The summed E-state index contributed by atoms with van der Waals surface area (Å²) in [5, 5.41) is 13.3. The molecule has 0 unspecified atom stereocenters. The number of pyridine rings is 2. The number of aryl methyl sites for hydroxylation is 1. The van der Waals surface area contributed by atoms with Crippen molar-refractivity contribution in [2.45, 2.75) is 19.4 Å². The smallest absolute Gasteiger partial charge is 0.326 e. The lowest BCUT2D eigenvalue weighted by atomic mass is 10.0. The number of rotatable bonds is 6. The van der Waals surface area contributed by atoms with E-state index in [4.69, 9.17) is 23.2 Å². The summed E-state index contributed by atoms with van der Waals surface area (Å²) in [6.07, 6.45) is 6.39. The van der Waals surface area contributed by atoms with Crippen molar-refractivity contribution in [1.29, 1.82) is 0 Å². The van der Waals surface area contributed by atoms with E-state index in [2.05, 4.69) is 15.3 Å². The number of aromatic nitrogens is 3. The van der Waals surface area contributed by atoms with Crippen LogP contribution in [0.2, 0.25) is 10.0 Å². The van der Waals surface area contributed by atoms with Gasteiger partial charge in [0.05, 0.1) is 15.6 Å². The van der Waals surface area contributed by atoms with E-state index < -0.39 is 17.9 Å². The van der Waals surface area contributed by atoms with Crippen molar-refractivity contribution in [3.63, 3.8) is 0 Å². The molecule has 3 heterocycles. The Labute approximate surface area is 193 Å². The summed E-state index contributed by atoms with van der Waals surface area (Å²) in [6.45, 7) is 2.02. The number of hydrogen-bond donors (Lipinski definition) is 2. The molecule has 7 nitrogen and oxygen atoms in total. The molecule has 0 bridgehead atoms. The molecule has 1 aromatic carbocycles. The number of benzene rings is 1. The molecule has 3 aromatic heterocycles. The molecule has 0 saturated carbocycles. The molecule has 9 heteroatoms. The van der Waals surface area contributed by atoms with Gasteiger partial charge in [-0.15, -0.1) is 0 Å². The molecule has 0 saturated heterocycles. The molecule has 1 amide bonds. The van der Waals surface area contributed by atoms with Crippen molar-refractivity contribution in [3.8, 4) is 5.69 Å². The highest BCUT2D eigenvalue weighted by Gasteiger charge is 2.24. The van der Waals surface area contributed by atoms with Gasteiger partial charge in [-0.3, -0.25) is 9.78 Å². The van der Waals surface area contributed by atoms with Gasteiger partial charge in [0.1, 0.15) is 11.7 Å². The van der Waals surface area contributed by atoms with E-state index in [1.807, 2.05) is 54.1 Å². The second-order valence-electron chi connectivity index (χ2n) is 7.27. The van der Waals surface area contributed by atoms with Crippen LogP contribution in [0.3, 0.4) is 0 Å². The van der Waals surface area contributed by atoms with Crippen LogP contribution in [0.4, 0.5) is 0 Å². The van der Waals surface area contributed by atoms with Crippen molar-refractivity contribution >= 4 is 46.1 Å². The van der Waals surface area contributed by atoms with Gasteiger partial charge in [-0.1, -0.05) is 35.3 Å². The molecule has 0 radical (unpaired) electrons. The van der Waals surface area contributed by atoms with E-state index in [1.54, 1.807) is 6.20 Å². The Balaban J connectivity index is 1.54. The normalized spacial score (nSPS) is 12.0. The molecule has 1 atom stereocenters. The van der Waals surface area contributed by atoms with Crippen molar-refractivity contribution < 1.29 is 14.7 Å². The number of amides is 1. The number of fused-ring (bicyclic) bond motifs is 1. The first kappa shape index (κ1) is 21.8. The summed E-state index contributed by atoms with van der Waals surface area (Å²) >= 11 is 12.0. The fourth-order valence-electron chi connectivity index (χ4n) is 3.50. The number of carboxylic acids is 1. The predicted molar refractivity (Wildman–Crippen MR) is 123 cm³/mol. The van der Waals surface area contributed by atoms with Crippen LogP contribution in [0.1, 0.15) is 21.5 Å². The minimum Gasteiger partial charge on any atom is -0.480 e. The van der Waals surface area contributed by atoms with Gasteiger partial charge in [-0.2, -0.15) is 0 Å². The van der Waals surface area contributed by atoms with Crippen LogP contribution in [0.25, 0.3) is 16.7 Å². The van der Waals surface area contributed by atoms with E-state index >= 15 is 0 Å². The average Bonchev–Trinajstić information content (AvgIpc) is 3.10. The molecule has 32 heavy (non-hydrogen) atoms. The first-order valence-corrected chi connectivity index (χ1v) is 10.5. The molecule has 0 aliphatic rings. The summed E-state index contributed by atoms with van der Waals surface area (Å²) in [7, 11) is 0. The highest BCUT2D eigenvalue weighted by Crippen LogP contribution is 2.24. The minimum atomic E-state index is -1.17. The summed E-state index contributed by atoms with van der Waals surface area (Å²) in [6, 6.07) is 10.2. The van der Waals surface area contributed by atoms with Crippen LogP contribution in [0.5, 0.6) is 0 Å². The quantitative estimate of drug-likeness (QED) is 0.435. The summed E-state index contributed by atoms with van der Waals surface area (Å²) in [5.41, 5.74) is 3.59. The lowest BCUT2D eigenvalue weighted by Crippen LogP contribution is -2.42. The molecule has 2 N–H and O–H groups in total. The Bertz CT molecular complexity index is 1300. The summed E-state index contributed by atoms with van der Waals surface area (Å²) in [5.74, 6) is -1.84. The lowest BCUT2D eigenvalue weighted by Gasteiger charge is -2.16. The molecule has 0 fully saturated rings. The zero-order valence-electron chi connectivity index (χ0n) is 16.9. The Morgan fingerprint density at radius 2 is 1.81 bits per heavy atom. The van der Waals surface area contributed by atoms with E-state index in [1.165, 1.54) is 12.4 Å². The Morgan fingerprint density at radius 1 is 1.12 bits per heavy atom. The van der Waals surface area contributed by atoms with E-state index in [0.717, 1.165) is 27.8 Å². The van der Waals surface area contributed by atoms with Gasteiger partial charge in [0.25, 0.3) is 5.91 Å². The fraction of sp³-hybridized carbons (Fsp3) is 0.130. The molecule has 4 aromatic rings.